The molecule has 1 aliphatic rings. The number of hydrogen-bond acceptors (Lipinski definition) is 4. The zero-order chi connectivity index (χ0) is 19.1. The number of halogens is 1. The molecule has 3 rings (SSSR count). The molecule has 28 heavy (non-hydrogen) atoms. The van der Waals surface area contributed by atoms with Gasteiger partial charge in [-0.2, -0.15) is 0 Å². The van der Waals surface area contributed by atoms with E-state index >= 15 is 0 Å². The van der Waals surface area contributed by atoms with Gasteiger partial charge in [0, 0.05) is 36.6 Å². The molecule has 154 valence electrons. The number of guanidine groups is 1. The first kappa shape index (κ1) is 23.1. The number of rotatable bonds is 6. The van der Waals surface area contributed by atoms with Crippen LogP contribution in [0.15, 0.2) is 35.3 Å². The van der Waals surface area contributed by atoms with Crippen LogP contribution >= 0.6 is 35.3 Å². The van der Waals surface area contributed by atoms with Crippen molar-refractivity contribution < 1.29 is 4.74 Å². The highest BCUT2D eigenvalue weighted by molar-refractivity contribution is 14.0. The molecule has 0 atom stereocenters. The molecule has 1 fully saturated rings. The van der Waals surface area contributed by atoms with E-state index in [-0.39, 0.29) is 29.4 Å². The predicted octanol–water partition coefficient (Wildman–Crippen LogP) is 4.18. The Morgan fingerprint density at radius 3 is 2.50 bits per heavy atom. The molecule has 1 saturated heterocycles. The Morgan fingerprint density at radius 2 is 1.89 bits per heavy atom. The molecule has 0 bridgehead atoms. The number of ether oxygens (including phenoxy) is 1. The maximum Gasteiger partial charge on any atom is 0.191 e. The van der Waals surface area contributed by atoms with Crippen LogP contribution in [0.3, 0.4) is 0 Å². The second kappa shape index (κ2) is 11.1. The minimum absolute atomic E-state index is 0. The van der Waals surface area contributed by atoms with E-state index in [0.717, 1.165) is 55.8 Å². The summed E-state index contributed by atoms with van der Waals surface area (Å²) in [6.07, 6.45) is 2.04. The lowest BCUT2D eigenvalue weighted by molar-refractivity contribution is 0.0514. The van der Waals surface area contributed by atoms with Crippen molar-refractivity contribution in [1.82, 2.24) is 15.6 Å². The average Bonchev–Trinajstić information content (AvgIpc) is 3.03. The van der Waals surface area contributed by atoms with Gasteiger partial charge in [-0.25, -0.2) is 9.98 Å². The second-order valence-corrected chi connectivity index (χ2v) is 8.34. The average molecular weight is 514 g/mol. The Labute approximate surface area is 189 Å². The Morgan fingerprint density at radius 1 is 1.18 bits per heavy atom. The summed E-state index contributed by atoms with van der Waals surface area (Å²) >= 11 is 1.73. The molecule has 0 aliphatic carbocycles. The molecule has 2 aromatic rings. The maximum atomic E-state index is 5.64. The van der Waals surface area contributed by atoms with Gasteiger partial charge in [-0.3, -0.25) is 0 Å². The van der Waals surface area contributed by atoms with Crippen LogP contribution in [-0.2, 0) is 16.7 Å². The van der Waals surface area contributed by atoms with Crippen molar-refractivity contribution in [3.8, 4) is 0 Å². The van der Waals surface area contributed by atoms with E-state index in [4.69, 9.17) is 9.73 Å². The topological polar surface area (TPSA) is 58.5 Å². The summed E-state index contributed by atoms with van der Waals surface area (Å²) in [4.78, 5) is 10.6. The van der Waals surface area contributed by atoms with Gasteiger partial charge in [0.2, 0.25) is 0 Å². The molecule has 0 amide bonds. The largest absolute Gasteiger partial charge is 0.381 e. The summed E-state index contributed by atoms with van der Waals surface area (Å²) in [5.74, 6) is 0.852. The summed E-state index contributed by atoms with van der Waals surface area (Å²) in [7, 11) is 0. The summed E-state index contributed by atoms with van der Waals surface area (Å²) in [5.41, 5.74) is 2.57. The monoisotopic (exact) mass is 514 g/mol. The van der Waals surface area contributed by atoms with Crippen molar-refractivity contribution in [2.45, 2.75) is 45.6 Å². The zero-order valence-electron chi connectivity index (χ0n) is 17.0. The normalized spacial score (nSPS) is 16.3. The molecule has 2 heterocycles. The van der Waals surface area contributed by atoms with E-state index < -0.39 is 0 Å². The number of hydrogen-bond donors (Lipinski definition) is 2. The van der Waals surface area contributed by atoms with Crippen LogP contribution in [0, 0.1) is 13.8 Å². The number of nitrogens with zero attached hydrogens (tertiary/aromatic N) is 2. The number of benzene rings is 1. The van der Waals surface area contributed by atoms with Crippen molar-refractivity contribution in [3.63, 3.8) is 0 Å². The fourth-order valence-electron chi connectivity index (χ4n) is 3.47. The van der Waals surface area contributed by atoms with E-state index in [9.17, 15) is 0 Å². The molecule has 1 aliphatic heterocycles. The summed E-state index contributed by atoms with van der Waals surface area (Å²) < 4.78 is 5.64. The minimum atomic E-state index is 0. The van der Waals surface area contributed by atoms with Crippen LogP contribution in [-0.4, -0.2) is 37.2 Å². The van der Waals surface area contributed by atoms with Crippen molar-refractivity contribution in [3.05, 3.63) is 51.5 Å². The minimum Gasteiger partial charge on any atom is -0.381 e. The third-order valence-electron chi connectivity index (χ3n) is 5.22. The molecule has 0 unspecified atom stereocenters. The van der Waals surface area contributed by atoms with E-state index in [2.05, 4.69) is 66.7 Å². The smallest absolute Gasteiger partial charge is 0.191 e. The Balaban J connectivity index is 0.00000280. The quantitative estimate of drug-likeness (QED) is 0.345. The SMILES string of the molecule is CCNC(=NCc1nc(C)c(C)s1)NCC1(c2ccccc2)CCOCC1.I. The molecular formula is C21H31IN4OS. The van der Waals surface area contributed by atoms with Gasteiger partial charge in [-0.05, 0) is 39.2 Å². The van der Waals surface area contributed by atoms with Crippen LogP contribution in [0.2, 0.25) is 0 Å². The van der Waals surface area contributed by atoms with Gasteiger partial charge in [-0.15, -0.1) is 35.3 Å². The maximum absolute atomic E-state index is 5.64. The van der Waals surface area contributed by atoms with Gasteiger partial charge >= 0.3 is 0 Å². The standard InChI is InChI=1S/C21H30N4OS.HI/c1-4-22-20(23-14-19-25-16(2)17(3)27-19)24-15-21(10-12-26-13-11-21)18-8-6-5-7-9-18;/h5-9H,4,10-15H2,1-3H3,(H2,22,23,24);1H. The van der Waals surface area contributed by atoms with Crippen molar-refractivity contribution in [2.75, 3.05) is 26.3 Å². The number of aryl methyl sites for hydroxylation is 2. The van der Waals surface area contributed by atoms with E-state index in [1.165, 1.54) is 10.4 Å². The second-order valence-electron chi connectivity index (χ2n) is 7.06. The zero-order valence-corrected chi connectivity index (χ0v) is 20.1. The van der Waals surface area contributed by atoms with Gasteiger partial charge in [0.15, 0.2) is 5.96 Å². The van der Waals surface area contributed by atoms with Gasteiger partial charge in [-0.1, -0.05) is 30.3 Å². The molecule has 1 aromatic heterocycles. The highest BCUT2D eigenvalue weighted by Crippen LogP contribution is 2.34. The lowest BCUT2D eigenvalue weighted by atomic mass is 9.74. The van der Waals surface area contributed by atoms with Crippen LogP contribution in [0.5, 0.6) is 0 Å². The van der Waals surface area contributed by atoms with Crippen molar-refractivity contribution in [2.24, 2.45) is 4.99 Å². The first-order valence-electron chi connectivity index (χ1n) is 9.71. The number of aromatic nitrogens is 1. The van der Waals surface area contributed by atoms with Crippen molar-refractivity contribution >= 4 is 41.3 Å². The van der Waals surface area contributed by atoms with Gasteiger partial charge in [0.1, 0.15) is 5.01 Å². The first-order chi connectivity index (χ1) is 13.1. The van der Waals surface area contributed by atoms with Crippen LogP contribution in [0.1, 0.15) is 40.9 Å². The van der Waals surface area contributed by atoms with Crippen LogP contribution < -0.4 is 10.6 Å². The van der Waals surface area contributed by atoms with Gasteiger partial charge in [0.05, 0.1) is 12.2 Å². The molecule has 7 heteroatoms. The van der Waals surface area contributed by atoms with E-state index in [1.54, 1.807) is 11.3 Å². The molecule has 0 spiro atoms. The number of nitrogens with one attached hydrogen (secondary N) is 2. The van der Waals surface area contributed by atoms with Crippen LogP contribution in [0.4, 0.5) is 0 Å². The Bertz CT molecular complexity index is 738. The number of thiazole rings is 1. The molecule has 2 N–H and O–H groups in total. The third-order valence-corrected chi connectivity index (χ3v) is 6.28. The lowest BCUT2D eigenvalue weighted by Gasteiger charge is -2.38. The Kier molecular flexibility index (Phi) is 9.17. The molecule has 1 aromatic carbocycles. The highest BCUT2D eigenvalue weighted by atomic mass is 127. The third kappa shape index (κ3) is 5.90. The number of aliphatic imine (C=N–C) groups is 1. The fourth-order valence-corrected chi connectivity index (χ4v) is 4.33. The highest BCUT2D eigenvalue weighted by Gasteiger charge is 2.34. The van der Waals surface area contributed by atoms with E-state index in [0.29, 0.717) is 6.54 Å². The van der Waals surface area contributed by atoms with E-state index in [1.807, 2.05) is 0 Å². The summed E-state index contributed by atoms with van der Waals surface area (Å²) in [6.45, 7) is 10.2. The fraction of sp³-hybridized carbons (Fsp3) is 0.524. The molecule has 0 radical (unpaired) electrons. The lowest BCUT2D eigenvalue weighted by Crippen LogP contribution is -2.48. The summed E-state index contributed by atoms with van der Waals surface area (Å²) in [6, 6.07) is 10.8. The van der Waals surface area contributed by atoms with Gasteiger partial charge < -0.3 is 15.4 Å². The predicted molar refractivity (Wildman–Crippen MR) is 128 cm³/mol. The molecular weight excluding hydrogens is 483 g/mol. The van der Waals surface area contributed by atoms with Crippen LogP contribution in [0.25, 0.3) is 0 Å². The summed E-state index contributed by atoms with van der Waals surface area (Å²) in [5, 5.41) is 8.01. The Hall–Kier alpha value is -1.19. The van der Waals surface area contributed by atoms with Crippen molar-refractivity contribution in [1.29, 1.82) is 0 Å². The van der Waals surface area contributed by atoms with Gasteiger partial charge in [0.25, 0.3) is 0 Å². The molecule has 0 saturated carbocycles. The molecule has 5 nitrogen and oxygen atoms in total. The first-order valence-corrected chi connectivity index (χ1v) is 10.5.